The Morgan fingerprint density at radius 1 is 1.38 bits per heavy atom. The lowest BCUT2D eigenvalue weighted by Gasteiger charge is -2.26. The molecule has 0 aliphatic heterocycles. The van der Waals surface area contributed by atoms with E-state index in [-0.39, 0.29) is 6.61 Å². The minimum absolute atomic E-state index is 0.197. The molecule has 0 aliphatic rings. The van der Waals surface area contributed by atoms with Crippen molar-refractivity contribution in [3.8, 4) is 0 Å². The molecule has 0 radical (unpaired) electrons. The zero-order valence-electron chi connectivity index (χ0n) is 7.31. The normalized spacial score (nSPS) is 16.5. The molecule has 0 saturated heterocycles. The molecule has 3 nitrogen and oxygen atoms in total. The average molecular weight is 200 g/mol. The van der Waals surface area contributed by atoms with E-state index in [0.717, 1.165) is 6.92 Å². The second-order valence-electron chi connectivity index (χ2n) is 2.43. The van der Waals surface area contributed by atoms with Crippen molar-refractivity contribution in [2.45, 2.75) is 32.0 Å². The van der Waals surface area contributed by atoms with E-state index in [4.69, 9.17) is 5.11 Å². The molecule has 1 N–H and O–H groups in total. The van der Waals surface area contributed by atoms with Crippen LogP contribution in [-0.2, 0) is 9.53 Å². The van der Waals surface area contributed by atoms with Crippen LogP contribution in [-0.4, -0.2) is 29.5 Å². The maximum absolute atomic E-state index is 12.1. The number of hydrogen-bond acceptors (Lipinski definition) is 3. The van der Waals surface area contributed by atoms with Gasteiger partial charge in [-0.25, -0.2) is 4.79 Å². The average Bonchev–Trinajstić information content (AvgIpc) is 2.01. The van der Waals surface area contributed by atoms with Crippen molar-refractivity contribution >= 4 is 5.97 Å². The Bertz CT molecular complexity index is 190. The van der Waals surface area contributed by atoms with Crippen molar-refractivity contribution in [2.75, 3.05) is 6.61 Å². The summed E-state index contributed by atoms with van der Waals surface area (Å²) >= 11 is 0. The van der Waals surface area contributed by atoms with Crippen LogP contribution in [0.3, 0.4) is 0 Å². The molecule has 0 heterocycles. The molecule has 78 valence electrons. The second-order valence-corrected chi connectivity index (χ2v) is 2.43. The molecule has 0 aliphatic carbocycles. The van der Waals surface area contributed by atoms with Crippen LogP contribution >= 0.6 is 0 Å². The summed E-state index contributed by atoms with van der Waals surface area (Å²) in [5.41, 5.74) is -3.37. The van der Waals surface area contributed by atoms with Gasteiger partial charge in [0.2, 0.25) is 0 Å². The number of alkyl halides is 3. The summed E-state index contributed by atoms with van der Waals surface area (Å²) in [6.07, 6.45) is -5.75. The molecule has 0 aromatic heterocycles. The molecule has 6 heteroatoms. The zero-order chi connectivity index (χ0) is 10.7. The molecule has 0 spiro atoms. The molecule has 1 atom stereocenters. The fraction of sp³-hybridized carbons (Fsp3) is 0.857. The fourth-order valence-corrected chi connectivity index (χ4v) is 0.711. The number of carbonyl (C=O) groups excluding carboxylic acids is 1. The van der Waals surface area contributed by atoms with Gasteiger partial charge in [0.1, 0.15) is 0 Å². The Morgan fingerprint density at radius 2 is 1.85 bits per heavy atom. The molecular formula is C7H11F3O3. The van der Waals surface area contributed by atoms with Crippen molar-refractivity contribution in [3.05, 3.63) is 0 Å². The quantitative estimate of drug-likeness (QED) is 0.697. The van der Waals surface area contributed by atoms with E-state index >= 15 is 0 Å². The molecule has 0 aromatic rings. The van der Waals surface area contributed by atoms with Crippen molar-refractivity contribution < 1.29 is 27.8 Å². The summed E-state index contributed by atoms with van der Waals surface area (Å²) in [6.45, 7) is 2.23. The third kappa shape index (κ3) is 2.33. The van der Waals surface area contributed by atoms with Crippen LogP contribution in [0.2, 0.25) is 0 Å². The van der Waals surface area contributed by atoms with E-state index < -0.39 is 24.2 Å². The lowest BCUT2D eigenvalue weighted by Crippen LogP contribution is -2.52. The van der Waals surface area contributed by atoms with E-state index in [1.165, 1.54) is 6.92 Å². The molecule has 0 amide bonds. The molecule has 0 aromatic carbocycles. The van der Waals surface area contributed by atoms with E-state index in [9.17, 15) is 18.0 Å². The third-order valence-corrected chi connectivity index (χ3v) is 1.59. The predicted octanol–water partition coefficient (Wildman–Crippen LogP) is 1.25. The summed E-state index contributed by atoms with van der Waals surface area (Å²) in [4.78, 5) is 10.8. The summed E-state index contributed by atoms with van der Waals surface area (Å²) in [5, 5.41) is 8.96. The first kappa shape index (κ1) is 12.2. The number of aliphatic hydroxyl groups is 1. The maximum atomic E-state index is 12.1. The Hall–Kier alpha value is -0.780. The summed E-state index contributed by atoms with van der Waals surface area (Å²) < 4.78 is 40.5. The topological polar surface area (TPSA) is 46.5 Å². The molecule has 0 saturated carbocycles. The van der Waals surface area contributed by atoms with Gasteiger partial charge in [0.05, 0.1) is 6.61 Å². The molecule has 0 unspecified atom stereocenters. The minimum atomic E-state index is -4.99. The number of rotatable bonds is 3. The molecule has 0 rings (SSSR count). The van der Waals surface area contributed by atoms with E-state index in [1.807, 2.05) is 0 Å². The van der Waals surface area contributed by atoms with Gasteiger partial charge in [0.15, 0.2) is 0 Å². The van der Waals surface area contributed by atoms with Crippen LogP contribution < -0.4 is 0 Å². The van der Waals surface area contributed by atoms with Crippen LogP contribution in [0, 0.1) is 0 Å². The maximum Gasteiger partial charge on any atom is 0.428 e. The van der Waals surface area contributed by atoms with Gasteiger partial charge in [-0.05, 0) is 13.3 Å². The first-order valence-corrected chi connectivity index (χ1v) is 3.76. The van der Waals surface area contributed by atoms with Crippen LogP contribution in [0.15, 0.2) is 0 Å². The summed E-state index contributed by atoms with van der Waals surface area (Å²) in [7, 11) is 0. The van der Waals surface area contributed by atoms with Crippen molar-refractivity contribution in [2.24, 2.45) is 0 Å². The molecule has 0 bridgehead atoms. The SMILES string of the molecule is CCOC(=O)[C@@](O)(CC)C(F)(F)F. The van der Waals surface area contributed by atoms with Gasteiger partial charge >= 0.3 is 12.1 Å². The van der Waals surface area contributed by atoms with Gasteiger partial charge in [0.25, 0.3) is 5.60 Å². The fourth-order valence-electron chi connectivity index (χ4n) is 0.711. The van der Waals surface area contributed by atoms with E-state index in [2.05, 4.69) is 4.74 Å². The van der Waals surface area contributed by atoms with E-state index in [1.54, 1.807) is 0 Å². The highest BCUT2D eigenvalue weighted by Crippen LogP contribution is 2.33. The van der Waals surface area contributed by atoms with Gasteiger partial charge in [-0.15, -0.1) is 0 Å². The van der Waals surface area contributed by atoms with Crippen molar-refractivity contribution in [1.29, 1.82) is 0 Å². The summed E-state index contributed by atoms with van der Waals surface area (Å²) in [5.74, 6) is -1.65. The molecule has 13 heavy (non-hydrogen) atoms. The summed E-state index contributed by atoms with van der Waals surface area (Å²) in [6, 6.07) is 0. The van der Waals surface area contributed by atoms with Crippen LogP contribution in [0.1, 0.15) is 20.3 Å². The van der Waals surface area contributed by atoms with Gasteiger partial charge in [0, 0.05) is 0 Å². The zero-order valence-corrected chi connectivity index (χ0v) is 7.31. The van der Waals surface area contributed by atoms with Crippen LogP contribution in [0.25, 0.3) is 0 Å². The number of carbonyl (C=O) groups is 1. The van der Waals surface area contributed by atoms with Crippen molar-refractivity contribution in [1.82, 2.24) is 0 Å². The molecular weight excluding hydrogens is 189 g/mol. The van der Waals surface area contributed by atoms with Crippen LogP contribution in [0.4, 0.5) is 13.2 Å². The predicted molar refractivity (Wildman–Crippen MR) is 37.9 cm³/mol. The number of ether oxygens (including phenoxy) is 1. The Labute approximate surface area is 73.5 Å². The smallest absolute Gasteiger partial charge is 0.428 e. The minimum Gasteiger partial charge on any atom is -0.464 e. The highest BCUT2D eigenvalue weighted by atomic mass is 19.4. The first-order chi connectivity index (χ1) is 5.79. The van der Waals surface area contributed by atoms with E-state index in [0.29, 0.717) is 0 Å². The van der Waals surface area contributed by atoms with Gasteiger partial charge < -0.3 is 9.84 Å². The Balaban J connectivity index is 4.73. The third-order valence-electron chi connectivity index (χ3n) is 1.59. The van der Waals surface area contributed by atoms with Gasteiger partial charge in [-0.3, -0.25) is 0 Å². The lowest BCUT2D eigenvalue weighted by atomic mass is 10.0. The largest absolute Gasteiger partial charge is 0.464 e. The Kier molecular flexibility index (Phi) is 3.71. The Morgan fingerprint density at radius 3 is 2.08 bits per heavy atom. The number of esters is 1. The second kappa shape index (κ2) is 3.95. The van der Waals surface area contributed by atoms with Gasteiger partial charge in [-0.2, -0.15) is 13.2 Å². The highest BCUT2D eigenvalue weighted by Gasteiger charge is 2.59. The molecule has 0 fully saturated rings. The van der Waals surface area contributed by atoms with Crippen molar-refractivity contribution in [3.63, 3.8) is 0 Å². The van der Waals surface area contributed by atoms with Crippen LogP contribution in [0.5, 0.6) is 0 Å². The lowest BCUT2D eigenvalue weighted by molar-refractivity contribution is -0.263. The highest BCUT2D eigenvalue weighted by molar-refractivity contribution is 5.80. The standard InChI is InChI=1S/C7H11F3O3/c1-3-6(12,7(8,9)10)5(11)13-4-2/h12H,3-4H2,1-2H3/t6-/m0/s1. The van der Waals surface area contributed by atoms with Gasteiger partial charge in [-0.1, -0.05) is 6.92 Å². The number of halogens is 3. The monoisotopic (exact) mass is 200 g/mol. The first-order valence-electron chi connectivity index (χ1n) is 3.76. The number of hydrogen-bond donors (Lipinski definition) is 1.